The number of aromatic nitrogens is 2. The van der Waals surface area contributed by atoms with Gasteiger partial charge in [-0.05, 0) is 50.1 Å². The molecule has 10 heteroatoms. The molecule has 0 amide bonds. The summed E-state index contributed by atoms with van der Waals surface area (Å²) in [4.78, 5) is 28.9. The number of aliphatic carboxylic acids is 1. The van der Waals surface area contributed by atoms with E-state index in [1.807, 2.05) is 36.4 Å². The number of carboxylic acids is 1. The molecule has 0 saturated heterocycles. The summed E-state index contributed by atoms with van der Waals surface area (Å²) in [7, 11) is 1.44. The van der Waals surface area contributed by atoms with Gasteiger partial charge in [0.15, 0.2) is 23.9 Å². The van der Waals surface area contributed by atoms with E-state index < -0.39 is 12.6 Å². The van der Waals surface area contributed by atoms with Crippen molar-refractivity contribution < 1.29 is 19.4 Å². The van der Waals surface area contributed by atoms with Crippen molar-refractivity contribution in [3.8, 4) is 22.9 Å². The highest BCUT2D eigenvalue weighted by Crippen LogP contribution is 2.42. The highest BCUT2D eigenvalue weighted by Gasteiger charge is 2.18. The van der Waals surface area contributed by atoms with E-state index in [-0.39, 0.29) is 11.3 Å². The first-order valence-corrected chi connectivity index (χ1v) is 11.5. The van der Waals surface area contributed by atoms with E-state index in [0.29, 0.717) is 37.0 Å². The van der Waals surface area contributed by atoms with Crippen LogP contribution in [0.4, 0.5) is 0 Å². The van der Waals surface area contributed by atoms with Crippen LogP contribution >= 0.6 is 31.9 Å². The topological polar surface area (TPSA) is 103 Å². The zero-order chi connectivity index (χ0) is 24.2. The molecule has 1 N–H and O–H groups in total. The largest absolute Gasteiger partial charge is 0.493 e. The van der Waals surface area contributed by atoms with Gasteiger partial charge in [0.2, 0.25) is 0 Å². The standard InChI is InChI=1S/C24H17Br2N3O5/c1-33-18-11-15(20(25)21(26)22(18)34-13-19(30)31)12-27-29-23(14-7-3-2-4-8-14)28-17-10-6-5-9-16(17)24(29)32/h2-12H,13H2,1H3,(H,30,31). The number of carboxylic acid groups (broad SMARTS) is 1. The maximum atomic E-state index is 13.3. The van der Waals surface area contributed by atoms with E-state index >= 15 is 0 Å². The molecule has 0 aliphatic heterocycles. The molecule has 0 aliphatic carbocycles. The summed E-state index contributed by atoms with van der Waals surface area (Å²) in [6.45, 7) is -0.534. The highest BCUT2D eigenvalue weighted by molar-refractivity contribution is 9.13. The number of para-hydroxylation sites is 1. The summed E-state index contributed by atoms with van der Waals surface area (Å²) in [5, 5.41) is 13.8. The van der Waals surface area contributed by atoms with Gasteiger partial charge in [-0.15, -0.1) is 0 Å². The lowest BCUT2D eigenvalue weighted by Gasteiger charge is -2.14. The minimum absolute atomic E-state index is 0.225. The summed E-state index contributed by atoms with van der Waals surface area (Å²) in [5.74, 6) is -0.204. The molecule has 1 aromatic heterocycles. The van der Waals surface area contributed by atoms with Crippen molar-refractivity contribution in [1.82, 2.24) is 9.66 Å². The number of ether oxygens (including phenoxy) is 2. The van der Waals surface area contributed by atoms with Crippen molar-refractivity contribution in [2.45, 2.75) is 0 Å². The molecule has 0 atom stereocenters. The third-order valence-electron chi connectivity index (χ3n) is 4.81. The fourth-order valence-electron chi connectivity index (χ4n) is 3.24. The molecular weight excluding hydrogens is 570 g/mol. The van der Waals surface area contributed by atoms with Gasteiger partial charge in [-0.25, -0.2) is 9.78 Å². The molecule has 1 heterocycles. The van der Waals surface area contributed by atoms with Crippen molar-refractivity contribution in [1.29, 1.82) is 0 Å². The lowest BCUT2D eigenvalue weighted by atomic mass is 10.2. The first-order chi connectivity index (χ1) is 16.4. The van der Waals surface area contributed by atoms with E-state index in [4.69, 9.17) is 14.6 Å². The second-order valence-electron chi connectivity index (χ2n) is 6.99. The molecule has 0 fully saturated rings. The number of methoxy groups -OCH3 is 1. The normalized spacial score (nSPS) is 11.1. The molecule has 0 spiro atoms. The molecule has 4 aromatic rings. The smallest absolute Gasteiger partial charge is 0.341 e. The molecule has 0 radical (unpaired) electrons. The van der Waals surface area contributed by atoms with Crippen LogP contribution in [-0.4, -0.2) is 40.7 Å². The maximum Gasteiger partial charge on any atom is 0.341 e. The van der Waals surface area contributed by atoms with Crippen LogP contribution in [0.2, 0.25) is 0 Å². The summed E-state index contributed by atoms with van der Waals surface area (Å²) in [6.07, 6.45) is 1.49. The van der Waals surface area contributed by atoms with Gasteiger partial charge in [0.1, 0.15) is 0 Å². The Hall–Kier alpha value is -3.50. The molecule has 0 unspecified atom stereocenters. The quantitative estimate of drug-likeness (QED) is 0.308. The zero-order valence-electron chi connectivity index (χ0n) is 17.7. The van der Waals surface area contributed by atoms with Crippen LogP contribution < -0.4 is 15.0 Å². The molecule has 3 aromatic carbocycles. The third-order valence-corrected chi connectivity index (χ3v) is 6.96. The van der Waals surface area contributed by atoms with Gasteiger partial charge in [-0.1, -0.05) is 42.5 Å². The van der Waals surface area contributed by atoms with Crippen LogP contribution in [0.15, 0.2) is 79.5 Å². The molecule has 34 heavy (non-hydrogen) atoms. The van der Waals surface area contributed by atoms with E-state index in [1.165, 1.54) is 18.0 Å². The minimum Gasteiger partial charge on any atom is -0.493 e. The summed E-state index contributed by atoms with van der Waals surface area (Å²) in [6, 6.07) is 18.0. The minimum atomic E-state index is -1.12. The van der Waals surface area contributed by atoms with Gasteiger partial charge in [-0.2, -0.15) is 9.78 Å². The van der Waals surface area contributed by atoms with Crippen molar-refractivity contribution >= 4 is 54.9 Å². The molecule has 8 nitrogen and oxygen atoms in total. The van der Waals surface area contributed by atoms with Crippen LogP contribution in [0, 0.1) is 0 Å². The lowest BCUT2D eigenvalue weighted by Crippen LogP contribution is -2.20. The molecule has 0 saturated carbocycles. The van der Waals surface area contributed by atoms with E-state index in [1.54, 1.807) is 24.3 Å². The number of hydrogen-bond acceptors (Lipinski definition) is 6. The Morgan fingerprint density at radius 2 is 1.82 bits per heavy atom. The predicted octanol–water partition coefficient (Wildman–Crippen LogP) is 4.94. The van der Waals surface area contributed by atoms with Gasteiger partial charge >= 0.3 is 5.97 Å². The monoisotopic (exact) mass is 585 g/mol. The molecule has 172 valence electrons. The van der Waals surface area contributed by atoms with E-state index in [0.717, 1.165) is 5.56 Å². The van der Waals surface area contributed by atoms with Crippen LogP contribution in [0.5, 0.6) is 11.5 Å². The Balaban J connectivity index is 1.86. The number of fused-ring (bicyclic) bond motifs is 1. The Morgan fingerprint density at radius 3 is 2.53 bits per heavy atom. The lowest BCUT2D eigenvalue weighted by molar-refractivity contribution is -0.139. The maximum absolute atomic E-state index is 13.3. The Labute approximate surface area is 210 Å². The molecular formula is C24H17Br2N3O5. The number of nitrogens with zero attached hydrogens (tertiary/aromatic N) is 3. The number of carbonyl (C=O) groups is 1. The number of halogens is 2. The van der Waals surface area contributed by atoms with Crippen LogP contribution in [0.3, 0.4) is 0 Å². The van der Waals surface area contributed by atoms with Crippen LogP contribution in [-0.2, 0) is 4.79 Å². The van der Waals surface area contributed by atoms with Gasteiger partial charge < -0.3 is 14.6 Å². The van der Waals surface area contributed by atoms with Gasteiger partial charge in [0.25, 0.3) is 5.56 Å². The van der Waals surface area contributed by atoms with Gasteiger partial charge in [0, 0.05) is 15.6 Å². The average Bonchev–Trinajstić information content (AvgIpc) is 2.85. The highest BCUT2D eigenvalue weighted by atomic mass is 79.9. The van der Waals surface area contributed by atoms with Crippen molar-refractivity contribution in [2.75, 3.05) is 13.7 Å². The fraction of sp³-hybridized carbons (Fsp3) is 0.0833. The fourth-order valence-corrected chi connectivity index (χ4v) is 4.18. The number of hydrogen-bond donors (Lipinski definition) is 1. The second-order valence-corrected chi connectivity index (χ2v) is 8.57. The first-order valence-electron chi connectivity index (χ1n) is 9.93. The van der Waals surface area contributed by atoms with E-state index in [2.05, 4.69) is 41.9 Å². The molecule has 4 rings (SSSR count). The number of benzene rings is 3. The molecule has 0 aliphatic rings. The second kappa shape index (κ2) is 10.2. The summed E-state index contributed by atoms with van der Waals surface area (Å²) < 4.78 is 13.0. The SMILES string of the molecule is COc1cc(C=Nn2c(-c3ccccc3)nc3ccccc3c2=O)c(Br)c(Br)c1OCC(=O)O. The van der Waals surface area contributed by atoms with Crippen molar-refractivity contribution in [3.63, 3.8) is 0 Å². The van der Waals surface area contributed by atoms with Crippen molar-refractivity contribution in [2.24, 2.45) is 5.10 Å². The molecule has 0 bridgehead atoms. The van der Waals surface area contributed by atoms with E-state index in [9.17, 15) is 9.59 Å². The average molecular weight is 587 g/mol. The predicted molar refractivity (Wildman–Crippen MR) is 136 cm³/mol. The van der Waals surface area contributed by atoms with Gasteiger partial charge in [0.05, 0.1) is 28.7 Å². The van der Waals surface area contributed by atoms with Crippen molar-refractivity contribution in [3.05, 3.63) is 85.5 Å². The van der Waals surface area contributed by atoms with Crippen LogP contribution in [0.25, 0.3) is 22.3 Å². The zero-order valence-corrected chi connectivity index (χ0v) is 20.9. The summed E-state index contributed by atoms with van der Waals surface area (Å²) in [5.41, 5.74) is 1.55. The third kappa shape index (κ3) is 4.73. The first kappa shape index (κ1) is 23.7. The Morgan fingerprint density at radius 1 is 1.12 bits per heavy atom. The van der Waals surface area contributed by atoms with Gasteiger partial charge in [-0.3, -0.25) is 4.79 Å². The number of rotatable bonds is 7. The Kier molecular flexibility index (Phi) is 7.09. The van der Waals surface area contributed by atoms with Crippen LogP contribution in [0.1, 0.15) is 5.56 Å². The Bertz CT molecular complexity index is 1470. The summed E-state index contributed by atoms with van der Waals surface area (Å²) >= 11 is 6.88.